The molecule has 1 N–H and O–H groups in total. The number of benzene rings is 1. The molecule has 110 valence electrons. The zero-order valence-corrected chi connectivity index (χ0v) is 12.8. The first-order valence-corrected chi connectivity index (χ1v) is 6.67. The average molecular weight is 319 g/mol. The van der Waals surface area contributed by atoms with E-state index in [4.69, 9.17) is 28.3 Å². The zero-order valence-electron chi connectivity index (χ0n) is 11.3. The van der Waals surface area contributed by atoms with Gasteiger partial charge in [-0.15, -0.1) is 0 Å². The van der Waals surface area contributed by atoms with E-state index in [-0.39, 0.29) is 12.1 Å². The summed E-state index contributed by atoms with van der Waals surface area (Å²) in [6.45, 7) is 0.506. The van der Waals surface area contributed by atoms with Crippen LogP contribution in [0.25, 0.3) is 0 Å². The van der Waals surface area contributed by atoms with E-state index >= 15 is 0 Å². The van der Waals surface area contributed by atoms with E-state index < -0.39 is 11.9 Å². The van der Waals surface area contributed by atoms with Crippen LogP contribution in [0.1, 0.15) is 10.4 Å². The van der Waals surface area contributed by atoms with Gasteiger partial charge in [-0.3, -0.25) is 9.59 Å². The number of hydrogen-bond acceptors (Lipinski definition) is 3. The first kappa shape index (κ1) is 16.8. The van der Waals surface area contributed by atoms with Crippen LogP contribution in [-0.2, 0) is 4.79 Å². The van der Waals surface area contributed by atoms with Crippen LogP contribution in [0, 0.1) is 0 Å². The van der Waals surface area contributed by atoms with Gasteiger partial charge in [0.1, 0.15) is 6.54 Å². The van der Waals surface area contributed by atoms with Gasteiger partial charge in [0, 0.05) is 28.7 Å². The molecule has 20 heavy (non-hydrogen) atoms. The molecule has 0 atom stereocenters. The average Bonchev–Trinajstić information content (AvgIpc) is 2.31. The topological polar surface area (TPSA) is 60.9 Å². The van der Waals surface area contributed by atoms with Gasteiger partial charge in [-0.25, -0.2) is 0 Å². The van der Waals surface area contributed by atoms with Crippen molar-refractivity contribution in [2.24, 2.45) is 0 Å². The van der Waals surface area contributed by atoms with Crippen LogP contribution in [0.5, 0.6) is 0 Å². The van der Waals surface area contributed by atoms with Crippen molar-refractivity contribution in [3.8, 4) is 0 Å². The summed E-state index contributed by atoms with van der Waals surface area (Å²) in [5.41, 5.74) is 0.280. The zero-order chi connectivity index (χ0) is 15.3. The van der Waals surface area contributed by atoms with Crippen LogP contribution < -0.4 is 0 Å². The van der Waals surface area contributed by atoms with E-state index in [1.807, 2.05) is 19.0 Å². The van der Waals surface area contributed by atoms with E-state index in [1.165, 1.54) is 23.1 Å². The highest BCUT2D eigenvalue weighted by Crippen LogP contribution is 2.20. The molecule has 0 heterocycles. The van der Waals surface area contributed by atoms with Crippen molar-refractivity contribution < 1.29 is 14.7 Å². The minimum atomic E-state index is -1.06. The number of likely N-dealkylation sites (N-methyl/N-ethyl adjacent to an activating group) is 1. The van der Waals surface area contributed by atoms with E-state index in [9.17, 15) is 9.59 Å². The van der Waals surface area contributed by atoms with E-state index in [0.717, 1.165) is 0 Å². The molecule has 0 aromatic heterocycles. The Morgan fingerprint density at radius 3 is 2.10 bits per heavy atom. The molecule has 1 amide bonds. The summed E-state index contributed by atoms with van der Waals surface area (Å²) in [7, 11) is 3.69. The van der Waals surface area contributed by atoms with E-state index in [1.54, 1.807) is 0 Å². The van der Waals surface area contributed by atoms with Gasteiger partial charge in [0.2, 0.25) is 0 Å². The maximum absolute atomic E-state index is 12.3. The third kappa shape index (κ3) is 5.36. The maximum atomic E-state index is 12.3. The summed E-state index contributed by atoms with van der Waals surface area (Å²) >= 11 is 11.7. The van der Waals surface area contributed by atoms with Gasteiger partial charge in [-0.05, 0) is 32.3 Å². The van der Waals surface area contributed by atoms with E-state index in [2.05, 4.69) is 0 Å². The number of carbonyl (C=O) groups is 2. The van der Waals surface area contributed by atoms with Gasteiger partial charge < -0.3 is 14.9 Å². The van der Waals surface area contributed by atoms with Crippen molar-refractivity contribution in [2.45, 2.75) is 0 Å². The molecule has 0 radical (unpaired) electrons. The van der Waals surface area contributed by atoms with Gasteiger partial charge >= 0.3 is 5.97 Å². The minimum Gasteiger partial charge on any atom is -0.480 e. The Kier molecular flexibility index (Phi) is 6.26. The Morgan fingerprint density at radius 2 is 1.65 bits per heavy atom. The van der Waals surface area contributed by atoms with Crippen LogP contribution in [0.3, 0.4) is 0 Å². The standard InChI is InChI=1S/C13H16Cl2N2O3/c1-16(2)3-4-17(8-12(18)19)13(20)9-5-10(14)7-11(15)6-9/h5-7H,3-4,8H2,1-2H3,(H,18,19). The number of carbonyl (C=O) groups excluding carboxylic acids is 1. The van der Waals surface area contributed by atoms with Crippen molar-refractivity contribution in [3.05, 3.63) is 33.8 Å². The second kappa shape index (κ2) is 7.47. The molecule has 0 bridgehead atoms. The molecule has 0 saturated carbocycles. The SMILES string of the molecule is CN(C)CCN(CC(=O)O)C(=O)c1cc(Cl)cc(Cl)c1. The molecule has 0 aliphatic rings. The summed E-state index contributed by atoms with van der Waals surface area (Å²) in [6.07, 6.45) is 0. The van der Waals surface area contributed by atoms with Crippen molar-refractivity contribution in [1.82, 2.24) is 9.80 Å². The summed E-state index contributed by atoms with van der Waals surface area (Å²) < 4.78 is 0. The van der Waals surface area contributed by atoms with Crippen LogP contribution in [0.4, 0.5) is 0 Å². The summed E-state index contributed by atoms with van der Waals surface area (Å²) in [5.74, 6) is -1.47. The highest BCUT2D eigenvalue weighted by Gasteiger charge is 2.19. The number of carboxylic acid groups (broad SMARTS) is 1. The molecule has 0 aliphatic carbocycles. The Balaban J connectivity index is 2.93. The van der Waals surface area contributed by atoms with Crippen molar-refractivity contribution >= 4 is 35.1 Å². The number of hydrogen-bond donors (Lipinski definition) is 1. The predicted molar refractivity (Wildman–Crippen MR) is 78.6 cm³/mol. The smallest absolute Gasteiger partial charge is 0.323 e. The Bertz CT molecular complexity index is 486. The Hall–Kier alpha value is -1.30. The third-order valence-corrected chi connectivity index (χ3v) is 2.98. The fourth-order valence-corrected chi connectivity index (χ4v) is 2.12. The molecule has 5 nitrogen and oxygen atoms in total. The van der Waals surface area contributed by atoms with Gasteiger partial charge in [0.15, 0.2) is 0 Å². The van der Waals surface area contributed by atoms with Gasteiger partial charge in [0.25, 0.3) is 5.91 Å². The lowest BCUT2D eigenvalue weighted by Gasteiger charge is -2.23. The molecular formula is C13H16Cl2N2O3. The quantitative estimate of drug-likeness (QED) is 0.872. The molecule has 1 rings (SSSR count). The second-order valence-electron chi connectivity index (χ2n) is 4.58. The molecule has 0 spiro atoms. The second-order valence-corrected chi connectivity index (χ2v) is 5.45. The molecule has 7 heteroatoms. The summed E-state index contributed by atoms with van der Waals surface area (Å²) in [5, 5.41) is 9.57. The highest BCUT2D eigenvalue weighted by atomic mass is 35.5. The lowest BCUT2D eigenvalue weighted by atomic mass is 10.2. The largest absolute Gasteiger partial charge is 0.480 e. The van der Waals surface area contributed by atoms with Crippen molar-refractivity contribution in [2.75, 3.05) is 33.7 Å². The van der Waals surface area contributed by atoms with Gasteiger partial charge in [-0.2, -0.15) is 0 Å². The number of halogens is 2. The number of carboxylic acids is 1. The van der Waals surface area contributed by atoms with Gasteiger partial charge in [-0.1, -0.05) is 23.2 Å². The summed E-state index contributed by atoms with van der Waals surface area (Å²) in [4.78, 5) is 26.3. The predicted octanol–water partition coefficient (Wildman–Crippen LogP) is 2.08. The third-order valence-electron chi connectivity index (χ3n) is 2.54. The normalized spacial score (nSPS) is 10.7. The number of nitrogens with zero attached hydrogens (tertiary/aromatic N) is 2. The first-order valence-electron chi connectivity index (χ1n) is 5.91. The molecular weight excluding hydrogens is 303 g/mol. The number of amides is 1. The van der Waals surface area contributed by atoms with Gasteiger partial charge in [0.05, 0.1) is 0 Å². The molecule has 1 aromatic carbocycles. The lowest BCUT2D eigenvalue weighted by Crippen LogP contribution is -2.40. The molecule has 0 aliphatic heterocycles. The molecule has 0 saturated heterocycles. The number of aliphatic carboxylic acids is 1. The minimum absolute atomic E-state index is 0.280. The Labute approximate surface area is 127 Å². The monoisotopic (exact) mass is 318 g/mol. The highest BCUT2D eigenvalue weighted by molar-refractivity contribution is 6.35. The molecule has 1 aromatic rings. The van der Waals surface area contributed by atoms with Crippen molar-refractivity contribution in [3.63, 3.8) is 0 Å². The Morgan fingerprint density at radius 1 is 1.10 bits per heavy atom. The molecule has 0 unspecified atom stereocenters. The van der Waals surface area contributed by atoms with Crippen LogP contribution >= 0.6 is 23.2 Å². The maximum Gasteiger partial charge on any atom is 0.323 e. The van der Waals surface area contributed by atoms with Crippen LogP contribution in [0.15, 0.2) is 18.2 Å². The van der Waals surface area contributed by atoms with Crippen LogP contribution in [0.2, 0.25) is 10.0 Å². The molecule has 0 fully saturated rings. The fourth-order valence-electron chi connectivity index (χ4n) is 1.60. The fraction of sp³-hybridized carbons (Fsp3) is 0.385. The number of rotatable bonds is 6. The first-order chi connectivity index (χ1) is 9.29. The lowest BCUT2D eigenvalue weighted by molar-refractivity contribution is -0.137. The van der Waals surface area contributed by atoms with Crippen molar-refractivity contribution in [1.29, 1.82) is 0 Å². The summed E-state index contributed by atoms with van der Waals surface area (Å²) in [6, 6.07) is 4.46. The van der Waals surface area contributed by atoms with E-state index in [0.29, 0.717) is 23.1 Å². The van der Waals surface area contributed by atoms with Crippen LogP contribution in [-0.4, -0.2) is 60.5 Å².